The fraction of sp³-hybridized carbons (Fsp3) is 1.00. The van der Waals surface area contributed by atoms with Gasteiger partial charge in [-0.25, -0.2) is 0 Å². The van der Waals surface area contributed by atoms with Crippen molar-refractivity contribution in [3.05, 3.63) is 0 Å². The van der Waals surface area contributed by atoms with Crippen molar-refractivity contribution in [1.82, 2.24) is 9.80 Å². The first-order valence-electron chi connectivity index (χ1n) is 5.63. The van der Waals surface area contributed by atoms with Crippen LogP contribution in [0.3, 0.4) is 0 Å². The summed E-state index contributed by atoms with van der Waals surface area (Å²) in [6, 6.07) is 0. The highest BCUT2D eigenvalue weighted by Gasteiger charge is 2.15. The Morgan fingerprint density at radius 2 is 2.08 bits per heavy atom. The maximum atomic E-state index is 2.56. The van der Waals surface area contributed by atoms with Crippen LogP contribution < -0.4 is 0 Å². The lowest BCUT2D eigenvalue weighted by atomic mass is 10.0. The van der Waals surface area contributed by atoms with Crippen molar-refractivity contribution < 1.29 is 0 Å². The van der Waals surface area contributed by atoms with E-state index < -0.39 is 0 Å². The van der Waals surface area contributed by atoms with Gasteiger partial charge in [0.05, 0.1) is 6.67 Å². The molecule has 0 aromatic rings. The molecular formula is C11H24N2. The van der Waals surface area contributed by atoms with Crippen molar-refractivity contribution in [3.63, 3.8) is 0 Å². The van der Waals surface area contributed by atoms with Gasteiger partial charge in [-0.1, -0.05) is 20.3 Å². The molecule has 0 aliphatic carbocycles. The van der Waals surface area contributed by atoms with Crippen LogP contribution in [0, 0.1) is 5.92 Å². The van der Waals surface area contributed by atoms with Gasteiger partial charge < -0.3 is 0 Å². The Morgan fingerprint density at radius 1 is 1.31 bits per heavy atom. The summed E-state index contributed by atoms with van der Waals surface area (Å²) < 4.78 is 0. The minimum atomic E-state index is 0.917. The lowest BCUT2D eigenvalue weighted by Gasteiger charge is -2.16. The van der Waals surface area contributed by atoms with Crippen LogP contribution in [0.2, 0.25) is 0 Å². The van der Waals surface area contributed by atoms with Crippen molar-refractivity contribution in [1.29, 1.82) is 0 Å². The second-order valence-corrected chi connectivity index (χ2v) is 4.49. The molecule has 0 amide bonds. The van der Waals surface area contributed by atoms with Crippen molar-refractivity contribution in [2.24, 2.45) is 5.92 Å². The minimum absolute atomic E-state index is 0.917. The van der Waals surface area contributed by atoms with E-state index in [4.69, 9.17) is 0 Å². The first-order valence-corrected chi connectivity index (χ1v) is 5.63. The monoisotopic (exact) mass is 184 g/mol. The predicted molar refractivity (Wildman–Crippen MR) is 57.8 cm³/mol. The zero-order valence-corrected chi connectivity index (χ0v) is 9.42. The van der Waals surface area contributed by atoms with Gasteiger partial charge in [0.25, 0.3) is 0 Å². The Balaban J connectivity index is 2.00. The zero-order chi connectivity index (χ0) is 9.68. The Kier molecular flexibility index (Phi) is 4.74. The van der Waals surface area contributed by atoms with Gasteiger partial charge in [-0.15, -0.1) is 0 Å². The number of rotatable bonds is 5. The summed E-state index contributed by atoms with van der Waals surface area (Å²) in [6.45, 7) is 9.65. The van der Waals surface area contributed by atoms with E-state index in [0.717, 1.165) is 5.92 Å². The smallest absolute Gasteiger partial charge is 0.0504 e. The largest absolute Gasteiger partial charge is 0.292 e. The predicted octanol–water partition coefficient (Wildman–Crippen LogP) is 2.02. The molecule has 1 fully saturated rings. The Bertz CT molecular complexity index is 136. The highest BCUT2D eigenvalue weighted by molar-refractivity contribution is 4.67. The van der Waals surface area contributed by atoms with Gasteiger partial charge in [-0.3, -0.25) is 9.80 Å². The van der Waals surface area contributed by atoms with Crippen molar-refractivity contribution >= 4 is 0 Å². The molecule has 0 radical (unpaired) electrons. The van der Waals surface area contributed by atoms with Gasteiger partial charge in [-0.2, -0.15) is 0 Å². The molecule has 1 atom stereocenters. The van der Waals surface area contributed by atoms with Crippen molar-refractivity contribution in [3.8, 4) is 0 Å². The molecule has 1 rings (SSSR count). The van der Waals surface area contributed by atoms with Crippen molar-refractivity contribution in [2.75, 3.05) is 33.4 Å². The average molecular weight is 184 g/mol. The fourth-order valence-electron chi connectivity index (χ4n) is 1.84. The fourth-order valence-corrected chi connectivity index (χ4v) is 1.84. The molecule has 1 aliphatic rings. The molecule has 1 saturated heterocycles. The molecule has 0 saturated carbocycles. The zero-order valence-electron chi connectivity index (χ0n) is 9.42. The maximum absolute atomic E-state index is 2.56. The Morgan fingerprint density at radius 3 is 2.62 bits per heavy atom. The third-order valence-corrected chi connectivity index (χ3v) is 3.11. The van der Waals surface area contributed by atoms with Gasteiger partial charge in [0.1, 0.15) is 0 Å². The summed E-state index contributed by atoms with van der Waals surface area (Å²) in [5.74, 6) is 0.917. The van der Waals surface area contributed by atoms with Crippen LogP contribution in [0.1, 0.15) is 33.1 Å². The molecule has 0 aromatic carbocycles. The van der Waals surface area contributed by atoms with E-state index in [1.165, 1.54) is 45.6 Å². The molecule has 1 heterocycles. The Labute approximate surface area is 82.9 Å². The number of likely N-dealkylation sites (N-methyl/N-ethyl adjacent to an activating group) is 1. The van der Waals surface area contributed by atoms with E-state index in [1.54, 1.807) is 0 Å². The standard InChI is InChI=1S/C11H24N2/c1-4-11(2)6-5-7-13-9-8-12(3)10-13/h11H,4-10H2,1-3H3. The van der Waals surface area contributed by atoms with Crippen LogP contribution in [0.25, 0.3) is 0 Å². The summed E-state index contributed by atoms with van der Waals surface area (Å²) in [5.41, 5.74) is 0. The van der Waals surface area contributed by atoms with E-state index in [9.17, 15) is 0 Å². The first-order chi connectivity index (χ1) is 6.22. The normalized spacial score (nSPS) is 22.4. The van der Waals surface area contributed by atoms with Crippen LogP contribution in [-0.2, 0) is 0 Å². The molecule has 13 heavy (non-hydrogen) atoms. The van der Waals surface area contributed by atoms with Gasteiger partial charge in [0.2, 0.25) is 0 Å². The average Bonchev–Trinajstić information content (AvgIpc) is 2.51. The SMILES string of the molecule is CCC(C)CCCN1CCN(C)C1. The quantitative estimate of drug-likeness (QED) is 0.645. The third-order valence-electron chi connectivity index (χ3n) is 3.11. The molecule has 2 nitrogen and oxygen atoms in total. The molecule has 1 unspecified atom stereocenters. The lowest BCUT2D eigenvalue weighted by molar-refractivity contribution is 0.264. The maximum Gasteiger partial charge on any atom is 0.0504 e. The Hall–Kier alpha value is -0.0800. The van der Waals surface area contributed by atoms with Crippen LogP contribution >= 0.6 is 0 Å². The molecule has 0 N–H and O–H groups in total. The summed E-state index contributed by atoms with van der Waals surface area (Å²) >= 11 is 0. The highest BCUT2D eigenvalue weighted by Crippen LogP contribution is 2.11. The molecule has 78 valence electrons. The van der Waals surface area contributed by atoms with E-state index in [1.807, 2.05) is 0 Å². The van der Waals surface area contributed by atoms with Crippen LogP contribution in [0.4, 0.5) is 0 Å². The van der Waals surface area contributed by atoms with Crippen molar-refractivity contribution in [2.45, 2.75) is 33.1 Å². The van der Waals surface area contributed by atoms with Crippen LogP contribution in [-0.4, -0.2) is 43.2 Å². The van der Waals surface area contributed by atoms with E-state index in [2.05, 4.69) is 30.7 Å². The van der Waals surface area contributed by atoms with Gasteiger partial charge in [-0.05, 0) is 32.4 Å². The molecule has 0 bridgehead atoms. The summed E-state index contributed by atoms with van der Waals surface area (Å²) in [7, 11) is 2.20. The van der Waals surface area contributed by atoms with Gasteiger partial charge >= 0.3 is 0 Å². The van der Waals surface area contributed by atoms with Crippen LogP contribution in [0.15, 0.2) is 0 Å². The first kappa shape index (κ1) is 11.0. The van der Waals surface area contributed by atoms with Crippen LogP contribution in [0.5, 0.6) is 0 Å². The molecule has 2 heteroatoms. The van der Waals surface area contributed by atoms with E-state index in [-0.39, 0.29) is 0 Å². The number of hydrogen-bond donors (Lipinski definition) is 0. The van der Waals surface area contributed by atoms with E-state index in [0.29, 0.717) is 0 Å². The number of nitrogens with zero attached hydrogens (tertiary/aromatic N) is 2. The summed E-state index contributed by atoms with van der Waals surface area (Å²) in [4.78, 5) is 4.95. The second kappa shape index (κ2) is 5.61. The molecule has 1 aliphatic heterocycles. The molecular weight excluding hydrogens is 160 g/mol. The van der Waals surface area contributed by atoms with Gasteiger partial charge in [0, 0.05) is 13.1 Å². The number of hydrogen-bond acceptors (Lipinski definition) is 2. The summed E-state index contributed by atoms with van der Waals surface area (Å²) in [5, 5.41) is 0. The third kappa shape index (κ3) is 4.10. The highest BCUT2D eigenvalue weighted by atomic mass is 15.4. The van der Waals surface area contributed by atoms with E-state index >= 15 is 0 Å². The topological polar surface area (TPSA) is 6.48 Å². The molecule has 0 aromatic heterocycles. The molecule has 0 spiro atoms. The van der Waals surface area contributed by atoms with Gasteiger partial charge in [0.15, 0.2) is 0 Å². The minimum Gasteiger partial charge on any atom is -0.292 e. The second-order valence-electron chi connectivity index (χ2n) is 4.49. The summed E-state index contributed by atoms with van der Waals surface area (Å²) in [6.07, 6.45) is 4.11. The lowest BCUT2D eigenvalue weighted by Crippen LogP contribution is -2.24.